The van der Waals surface area contributed by atoms with Crippen molar-refractivity contribution >= 4 is 27.3 Å². The number of hydrogen-bond acceptors (Lipinski definition) is 3. The molecule has 2 rings (SSSR count). The van der Waals surface area contributed by atoms with Crippen LogP contribution in [0.15, 0.2) is 39.8 Å². The van der Waals surface area contributed by atoms with Crippen LogP contribution in [0.2, 0.25) is 0 Å². The van der Waals surface area contributed by atoms with Crippen LogP contribution in [0.3, 0.4) is 0 Å². The third kappa shape index (κ3) is 4.19. The molecule has 2 aromatic heterocycles. The zero-order valence-electron chi connectivity index (χ0n) is 10.4. The smallest absolute Gasteiger partial charge is 0.0410 e. The molecule has 4 heteroatoms. The maximum Gasteiger partial charge on any atom is 0.0410 e. The zero-order valence-corrected chi connectivity index (χ0v) is 12.8. The van der Waals surface area contributed by atoms with Crippen LogP contribution in [0.5, 0.6) is 0 Å². The molecular formula is C14H17BrN2S. The number of thiophene rings is 1. The van der Waals surface area contributed by atoms with Crippen LogP contribution in [-0.2, 0) is 12.8 Å². The highest BCUT2D eigenvalue weighted by molar-refractivity contribution is 9.10. The van der Waals surface area contributed by atoms with E-state index in [1.54, 1.807) is 11.3 Å². The minimum atomic E-state index is 0.473. The first-order valence-electron chi connectivity index (χ1n) is 6.12. The average molecular weight is 325 g/mol. The van der Waals surface area contributed by atoms with E-state index in [0.717, 1.165) is 23.9 Å². The number of nitrogens with zero attached hydrogens (tertiary/aromatic N) is 1. The molecule has 1 unspecified atom stereocenters. The SMILES string of the molecule is CCNC(Cc1ccsc1)Cc1cncc(Br)c1. The Balaban J connectivity index is 2.01. The second-order valence-corrected chi connectivity index (χ2v) is 6.00. The van der Waals surface area contributed by atoms with Crippen molar-refractivity contribution in [2.75, 3.05) is 6.54 Å². The Hall–Kier alpha value is -0.710. The first-order chi connectivity index (χ1) is 8.78. The second-order valence-electron chi connectivity index (χ2n) is 4.31. The van der Waals surface area contributed by atoms with Gasteiger partial charge in [0.1, 0.15) is 0 Å². The highest BCUT2D eigenvalue weighted by Crippen LogP contribution is 2.14. The standard InChI is InChI=1S/C14H17BrN2S/c1-2-17-14(6-11-3-4-18-10-11)7-12-5-13(15)9-16-8-12/h3-5,8-10,14,17H,2,6-7H2,1H3. The highest BCUT2D eigenvalue weighted by Gasteiger charge is 2.10. The normalized spacial score (nSPS) is 12.6. The van der Waals surface area contributed by atoms with Gasteiger partial charge in [0.2, 0.25) is 0 Å². The van der Waals surface area contributed by atoms with E-state index in [4.69, 9.17) is 0 Å². The molecule has 0 aliphatic carbocycles. The summed E-state index contributed by atoms with van der Waals surface area (Å²) in [6, 6.07) is 4.82. The van der Waals surface area contributed by atoms with E-state index in [0.29, 0.717) is 6.04 Å². The van der Waals surface area contributed by atoms with Crippen molar-refractivity contribution in [3.05, 3.63) is 50.9 Å². The van der Waals surface area contributed by atoms with Gasteiger partial charge < -0.3 is 5.32 Å². The fraction of sp³-hybridized carbons (Fsp3) is 0.357. The molecule has 2 aromatic rings. The molecule has 0 saturated carbocycles. The molecule has 0 bridgehead atoms. The van der Waals surface area contributed by atoms with E-state index in [9.17, 15) is 0 Å². The lowest BCUT2D eigenvalue weighted by Gasteiger charge is -2.17. The van der Waals surface area contributed by atoms with Gasteiger partial charge in [-0.15, -0.1) is 0 Å². The predicted octanol–water partition coefficient (Wildman–Crippen LogP) is 3.67. The summed E-state index contributed by atoms with van der Waals surface area (Å²) in [7, 11) is 0. The van der Waals surface area contributed by atoms with Crippen LogP contribution in [0.25, 0.3) is 0 Å². The maximum atomic E-state index is 4.22. The predicted molar refractivity (Wildman–Crippen MR) is 81.1 cm³/mol. The Morgan fingerprint density at radius 1 is 1.33 bits per heavy atom. The van der Waals surface area contributed by atoms with Gasteiger partial charge in [0.15, 0.2) is 0 Å². The molecule has 0 amide bonds. The fourth-order valence-corrected chi connectivity index (χ4v) is 3.14. The second kappa shape index (κ2) is 7.02. The van der Waals surface area contributed by atoms with Crippen molar-refractivity contribution in [3.8, 4) is 0 Å². The Morgan fingerprint density at radius 3 is 2.83 bits per heavy atom. The third-order valence-corrected chi connectivity index (χ3v) is 3.96. The van der Waals surface area contributed by atoms with E-state index in [1.165, 1.54) is 11.1 Å². The van der Waals surface area contributed by atoms with Crippen molar-refractivity contribution in [1.29, 1.82) is 0 Å². The Morgan fingerprint density at radius 2 is 2.17 bits per heavy atom. The van der Waals surface area contributed by atoms with Crippen LogP contribution in [-0.4, -0.2) is 17.6 Å². The van der Waals surface area contributed by atoms with Gasteiger partial charge in [0.25, 0.3) is 0 Å². The highest BCUT2D eigenvalue weighted by atomic mass is 79.9. The molecule has 0 aliphatic heterocycles. The van der Waals surface area contributed by atoms with Gasteiger partial charge in [-0.05, 0) is 69.3 Å². The molecule has 0 saturated heterocycles. The number of halogens is 1. The molecule has 96 valence electrons. The lowest BCUT2D eigenvalue weighted by atomic mass is 10.0. The van der Waals surface area contributed by atoms with E-state index >= 15 is 0 Å². The minimum absolute atomic E-state index is 0.473. The van der Waals surface area contributed by atoms with Crippen molar-refractivity contribution in [2.45, 2.75) is 25.8 Å². The Bertz CT molecular complexity index is 470. The monoisotopic (exact) mass is 324 g/mol. The number of aromatic nitrogens is 1. The molecule has 0 radical (unpaired) electrons. The van der Waals surface area contributed by atoms with Crippen LogP contribution in [0, 0.1) is 0 Å². The summed E-state index contributed by atoms with van der Waals surface area (Å²) in [6.07, 6.45) is 5.85. The zero-order chi connectivity index (χ0) is 12.8. The third-order valence-electron chi connectivity index (χ3n) is 2.80. The van der Waals surface area contributed by atoms with Crippen molar-refractivity contribution in [1.82, 2.24) is 10.3 Å². The van der Waals surface area contributed by atoms with E-state index in [-0.39, 0.29) is 0 Å². The van der Waals surface area contributed by atoms with Gasteiger partial charge in [-0.2, -0.15) is 11.3 Å². The van der Waals surface area contributed by atoms with Gasteiger partial charge in [0.05, 0.1) is 0 Å². The number of rotatable bonds is 6. The van der Waals surface area contributed by atoms with Crippen LogP contribution < -0.4 is 5.32 Å². The summed E-state index contributed by atoms with van der Waals surface area (Å²) in [4.78, 5) is 4.22. The quantitative estimate of drug-likeness (QED) is 0.876. The van der Waals surface area contributed by atoms with E-state index in [1.807, 2.05) is 12.4 Å². The Kier molecular flexibility index (Phi) is 5.35. The molecule has 0 aromatic carbocycles. The summed E-state index contributed by atoms with van der Waals surface area (Å²) in [5.74, 6) is 0. The van der Waals surface area contributed by atoms with Gasteiger partial charge in [-0.25, -0.2) is 0 Å². The lowest BCUT2D eigenvalue weighted by Crippen LogP contribution is -2.32. The maximum absolute atomic E-state index is 4.22. The number of likely N-dealkylation sites (N-methyl/N-ethyl adjacent to an activating group) is 1. The van der Waals surface area contributed by atoms with E-state index in [2.05, 4.69) is 56.0 Å². The van der Waals surface area contributed by atoms with Gasteiger partial charge in [0, 0.05) is 22.9 Å². The molecule has 0 spiro atoms. The molecule has 18 heavy (non-hydrogen) atoms. The van der Waals surface area contributed by atoms with Crippen molar-refractivity contribution in [3.63, 3.8) is 0 Å². The van der Waals surface area contributed by atoms with Gasteiger partial charge in [-0.3, -0.25) is 4.98 Å². The number of pyridine rings is 1. The summed E-state index contributed by atoms with van der Waals surface area (Å²) in [5, 5.41) is 7.91. The number of hydrogen-bond donors (Lipinski definition) is 1. The summed E-state index contributed by atoms with van der Waals surface area (Å²) >= 11 is 5.23. The first-order valence-corrected chi connectivity index (χ1v) is 7.85. The largest absolute Gasteiger partial charge is 0.314 e. The fourth-order valence-electron chi connectivity index (χ4n) is 2.05. The average Bonchev–Trinajstić information content (AvgIpc) is 2.82. The van der Waals surface area contributed by atoms with Crippen molar-refractivity contribution in [2.24, 2.45) is 0 Å². The molecule has 2 heterocycles. The minimum Gasteiger partial charge on any atom is -0.314 e. The van der Waals surface area contributed by atoms with Gasteiger partial charge >= 0.3 is 0 Å². The molecule has 0 aliphatic rings. The van der Waals surface area contributed by atoms with Crippen LogP contribution in [0.4, 0.5) is 0 Å². The molecule has 0 fully saturated rings. The Labute approximate surface area is 121 Å². The topological polar surface area (TPSA) is 24.9 Å². The number of nitrogens with one attached hydrogen (secondary N) is 1. The molecule has 1 atom stereocenters. The molecule has 1 N–H and O–H groups in total. The molecular weight excluding hydrogens is 308 g/mol. The summed E-state index contributed by atoms with van der Waals surface area (Å²) < 4.78 is 1.05. The van der Waals surface area contributed by atoms with E-state index < -0.39 is 0 Å². The summed E-state index contributed by atoms with van der Waals surface area (Å²) in [6.45, 7) is 3.15. The van der Waals surface area contributed by atoms with Crippen LogP contribution in [0.1, 0.15) is 18.1 Å². The molecule has 2 nitrogen and oxygen atoms in total. The summed E-state index contributed by atoms with van der Waals surface area (Å²) in [5.41, 5.74) is 2.68. The first kappa shape index (κ1) is 13.7. The van der Waals surface area contributed by atoms with Gasteiger partial charge in [-0.1, -0.05) is 6.92 Å². The van der Waals surface area contributed by atoms with Crippen LogP contribution >= 0.6 is 27.3 Å². The van der Waals surface area contributed by atoms with Crippen molar-refractivity contribution < 1.29 is 0 Å². The lowest BCUT2D eigenvalue weighted by molar-refractivity contribution is 0.521.